The van der Waals surface area contributed by atoms with Crippen LogP contribution in [0.15, 0.2) is 23.2 Å². The zero-order chi connectivity index (χ0) is 13.1. The summed E-state index contributed by atoms with van der Waals surface area (Å²) in [4.78, 5) is 4.42. The third-order valence-corrected chi connectivity index (χ3v) is 4.36. The zero-order valence-electron chi connectivity index (χ0n) is 11.7. The maximum atomic E-state index is 4.42. The van der Waals surface area contributed by atoms with Crippen LogP contribution in [0.1, 0.15) is 42.7 Å². The van der Waals surface area contributed by atoms with Gasteiger partial charge in [0.05, 0.1) is 13.1 Å². The second-order valence-corrected chi connectivity index (χ2v) is 5.61. The summed E-state index contributed by atoms with van der Waals surface area (Å²) in [6.07, 6.45) is 5.50. The van der Waals surface area contributed by atoms with Crippen LogP contribution < -0.4 is 10.6 Å². The number of nitrogens with zero attached hydrogens (tertiary/aromatic N) is 1. The summed E-state index contributed by atoms with van der Waals surface area (Å²) in [5.41, 5.74) is 4.23. The molecule has 0 radical (unpaired) electrons. The van der Waals surface area contributed by atoms with Gasteiger partial charge in [0.15, 0.2) is 0 Å². The molecule has 3 rings (SSSR count). The average Bonchev–Trinajstić information content (AvgIpc) is 3.11. The van der Waals surface area contributed by atoms with Gasteiger partial charge in [-0.05, 0) is 42.9 Å². The number of hydrogen-bond donors (Lipinski definition) is 2. The Hall–Kier alpha value is -1.51. The van der Waals surface area contributed by atoms with E-state index in [1.54, 1.807) is 5.56 Å². The smallest absolute Gasteiger partial charge is 0.116 e. The van der Waals surface area contributed by atoms with Crippen LogP contribution in [0.2, 0.25) is 0 Å². The van der Waals surface area contributed by atoms with Crippen LogP contribution in [0.25, 0.3) is 0 Å². The molecule has 0 spiro atoms. The molecule has 1 aromatic rings. The van der Waals surface area contributed by atoms with E-state index in [1.165, 1.54) is 36.9 Å². The van der Waals surface area contributed by atoms with Crippen molar-refractivity contribution in [1.29, 1.82) is 0 Å². The summed E-state index contributed by atoms with van der Waals surface area (Å²) in [6.45, 7) is 4.96. The van der Waals surface area contributed by atoms with Crippen LogP contribution in [-0.4, -0.2) is 25.5 Å². The van der Waals surface area contributed by atoms with Crippen LogP contribution >= 0.6 is 0 Å². The lowest BCUT2D eigenvalue weighted by molar-refractivity contribution is 0.718. The van der Waals surface area contributed by atoms with Gasteiger partial charge < -0.3 is 10.6 Å². The highest BCUT2D eigenvalue weighted by Crippen LogP contribution is 2.37. The largest absolute Gasteiger partial charge is 0.378 e. The highest BCUT2D eigenvalue weighted by Gasteiger charge is 2.19. The van der Waals surface area contributed by atoms with Crippen molar-refractivity contribution < 1.29 is 0 Å². The Labute approximate surface area is 115 Å². The van der Waals surface area contributed by atoms with Crippen molar-refractivity contribution in [3.05, 3.63) is 29.3 Å². The Balaban J connectivity index is 1.72. The van der Waals surface area contributed by atoms with Gasteiger partial charge in [0, 0.05) is 12.2 Å². The minimum atomic E-state index is 0.781. The maximum Gasteiger partial charge on any atom is 0.116 e. The lowest BCUT2D eigenvalue weighted by Crippen LogP contribution is -2.26. The molecule has 3 heteroatoms. The minimum absolute atomic E-state index is 0.781. The molecule has 1 saturated carbocycles. The molecule has 2 aliphatic rings. The average molecular weight is 257 g/mol. The van der Waals surface area contributed by atoms with Crippen LogP contribution in [0.5, 0.6) is 0 Å². The van der Waals surface area contributed by atoms with E-state index in [2.05, 4.69) is 40.7 Å². The highest BCUT2D eigenvalue weighted by molar-refractivity contribution is 5.87. The van der Waals surface area contributed by atoms with E-state index in [1.807, 2.05) is 0 Å². The van der Waals surface area contributed by atoms with Gasteiger partial charge in [0.2, 0.25) is 0 Å². The van der Waals surface area contributed by atoms with Crippen molar-refractivity contribution in [1.82, 2.24) is 5.32 Å². The van der Waals surface area contributed by atoms with Gasteiger partial charge in [0.1, 0.15) is 5.84 Å². The van der Waals surface area contributed by atoms with E-state index < -0.39 is 0 Å². The number of aliphatic imine (C=N–C) groups is 1. The van der Waals surface area contributed by atoms with Crippen LogP contribution in [0, 0.1) is 6.92 Å². The molecule has 0 aromatic heterocycles. The topological polar surface area (TPSA) is 36.4 Å². The van der Waals surface area contributed by atoms with Crippen molar-refractivity contribution in [3.8, 4) is 0 Å². The molecule has 1 aromatic carbocycles. The van der Waals surface area contributed by atoms with E-state index in [9.17, 15) is 0 Å². The van der Waals surface area contributed by atoms with Gasteiger partial charge in [-0.25, -0.2) is 0 Å². The molecule has 19 heavy (non-hydrogen) atoms. The first-order valence-electron chi connectivity index (χ1n) is 7.45. The van der Waals surface area contributed by atoms with Gasteiger partial charge in [-0.2, -0.15) is 0 Å². The Morgan fingerprint density at radius 2 is 2.16 bits per heavy atom. The second kappa shape index (κ2) is 5.64. The lowest BCUT2D eigenvalue weighted by Gasteiger charge is -2.17. The molecule has 1 aliphatic carbocycles. The van der Waals surface area contributed by atoms with E-state index >= 15 is 0 Å². The van der Waals surface area contributed by atoms with Gasteiger partial charge in [-0.3, -0.25) is 4.99 Å². The Bertz CT molecular complexity index is 473. The van der Waals surface area contributed by atoms with Gasteiger partial charge in [-0.1, -0.05) is 25.0 Å². The SMILES string of the molecule is Cc1c(NCC2=NCCN2)cccc1C1CCCC1. The molecule has 1 fully saturated rings. The normalized spacial score (nSPS) is 19.3. The van der Waals surface area contributed by atoms with E-state index in [0.717, 1.165) is 31.4 Å². The summed E-state index contributed by atoms with van der Waals surface area (Å²) >= 11 is 0. The van der Waals surface area contributed by atoms with Gasteiger partial charge in [0.25, 0.3) is 0 Å². The van der Waals surface area contributed by atoms with E-state index in [4.69, 9.17) is 0 Å². The molecule has 102 valence electrons. The summed E-state index contributed by atoms with van der Waals surface area (Å²) in [5, 5.41) is 6.83. The van der Waals surface area contributed by atoms with Crippen molar-refractivity contribution in [2.24, 2.45) is 4.99 Å². The van der Waals surface area contributed by atoms with Crippen LogP contribution in [-0.2, 0) is 0 Å². The Morgan fingerprint density at radius 3 is 2.89 bits per heavy atom. The summed E-state index contributed by atoms with van der Waals surface area (Å²) < 4.78 is 0. The fraction of sp³-hybridized carbons (Fsp3) is 0.562. The second-order valence-electron chi connectivity index (χ2n) is 5.61. The number of rotatable bonds is 4. The lowest BCUT2D eigenvalue weighted by atomic mass is 9.92. The number of nitrogens with one attached hydrogen (secondary N) is 2. The van der Waals surface area contributed by atoms with Crippen molar-refractivity contribution in [3.63, 3.8) is 0 Å². The first kappa shape index (κ1) is 12.5. The Kier molecular flexibility index (Phi) is 3.72. The minimum Gasteiger partial charge on any atom is -0.378 e. The van der Waals surface area contributed by atoms with Gasteiger partial charge in [-0.15, -0.1) is 0 Å². The first-order valence-corrected chi connectivity index (χ1v) is 7.45. The predicted octanol–water partition coefficient (Wildman–Crippen LogP) is 3.07. The number of hydrogen-bond acceptors (Lipinski definition) is 3. The molecule has 0 amide bonds. The first-order chi connectivity index (χ1) is 9.34. The fourth-order valence-corrected chi connectivity index (χ4v) is 3.27. The summed E-state index contributed by atoms with van der Waals surface area (Å²) in [6, 6.07) is 6.68. The highest BCUT2D eigenvalue weighted by atomic mass is 15.1. The summed E-state index contributed by atoms with van der Waals surface area (Å²) in [7, 11) is 0. The van der Waals surface area contributed by atoms with Crippen molar-refractivity contribution >= 4 is 11.5 Å². The molecule has 1 aliphatic heterocycles. The van der Waals surface area contributed by atoms with Crippen molar-refractivity contribution in [2.75, 3.05) is 25.0 Å². The third-order valence-electron chi connectivity index (χ3n) is 4.36. The molecular weight excluding hydrogens is 234 g/mol. The molecule has 0 bridgehead atoms. The number of amidine groups is 1. The third kappa shape index (κ3) is 2.75. The number of benzene rings is 1. The molecule has 1 heterocycles. The number of anilines is 1. The Morgan fingerprint density at radius 1 is 1.32 bits per heavy atom. The quantitative estimate of drug-likeness (QED) is 0.869. The fourth-order valence-electron chi connectivity index (χ4n) is 3.27. The van der Waals surface area contributed by atoms with Crippen LogP contribution in [0.3, 0.4) is 0 Å². The standard InChI is InChI=1S/C16H23N3/c1-12-14(13-5-2-3-6-13)7-4-8-15(12)19-11-16-17-9-10-18-16/h4,7-8,13,19H,2-3,5-6,9-11H2,1H3,(H,17,18). The summed E-state index contributed by atoms with van der Waals surface area (Å²) in [5.74, 6) is 1.87. The molecule has 0 saturated heterocycles. The molecule has 2 N–H and O–H groups in total. The molecule has 0 unspecified atom stereocenters. The predicted molar refractivity (Wildman–Crippen MR) is 81.2 cm³/mol. The van der Waals surface area contributed by atoms with E-state index in [-0.39, 0.29) is 0 Å². The van der Waals surface area contributed by atoms with Crippen LogP contribution in [0.4, 0.5) is 5.69 Å². The van der Waals surface area contributed by atoms with Gasteiger partial charge >= 0.3 is 0 Å². The van der Waals surface area contributed by atoms with Crippen molar-refractivity contribution in [2.45, 2.75) is 38.5 Å². The van der Waals surface area contributed by atoms with E-state index in [0.29, 0.717) is 0 Å². The zero-order valence-corrected chi connectivity index (χ0v) is 11.7. The maximum absolute atomic E-state index is 4.42. The monoisotopic (exact) mass is 257 g/mol. The molecule has 0 atom stereocenters. The molecular formula is C16H23N3. The molecule has 3 nitrogen and oxygen atoms in total.